The molecule has 21 heavy (non-hydrogen) atoms. The Bertz CT molecular complexity index is 510. The van der Waals surface area contributed by atoms with Crippen LogP contribution < -0.4 is 11.3 Å². The van der Waals surface area contributed by atoms with Gasteiger partial charge in [0.15, 0.2) is 0 Å². The van der Waals surface area contributed by atoms with Crippen LogP contribution >= 0.6 is 11.6 Å². The molecule has 2 heterocycles. The second-order valence-electron chi connectivity index (χ2n) is 5.32. The Balaban J connectivity index is 2.07. The summed E-state index contributed by atoms with van der Waals surface area (Å²) in [6.07, 6.45) is 2.33. The quantitative estimate of drug-likeness (QED) is 0.490. The van der Waals surface area contributed by atoms with Gasteiger partial charge in [0.2, 0.25) is 0 Å². The fraction of sp³-hybridized carbons (Fsp3) is 0.571. The molecule has 1 saturated heterocycles. The molecular weight excluding hydrogens is 290 g/mol. The number of nitrogens with zero attached hydrogens (tertiary/aromatic N) is 3. The Labute approximate surface area is 130 Å². The van der Waals surface area contributed by atoms with Gasteiger partial charge in [-0.2, -0.15) is 0 Å². The van der Waals surface area contributed by atoms with Gasteiger partial charge in [-0.3, -0.25) is 9.69 Å². The normalized spacial score (nSPS) is 18.8. The molecule has 0 radical (unpaired) electrons. The molecule has 1 atom stereocenters. The molecular formula is C14H22ClN5O. The van der Waals surface area contributed by atoms with Gasteiger partial charge < -0.3 is 10.3 Å². The summed E-state index contributed by atoms with van der Waals surface area (Å²) >= 11 is 5.91. The van der Waals surface area contributed by atoms with Gasteiger partial charge in [0.05, 0.1) is 0 Å². The molecule has 116 valence electrons. The largest absolute Gasteiger partial charge is 0.340 e. The van der Waals surface area contributed by atoms with E-state index >= 15 is 0 Å². The van der Waals surface area contributed by atoms with E-state index < -0.39 is 0 Å². The average Bonchev–Trinajstić information content (AvgIpc) is 2.92. The third-order valence-electron chi connectivity index (χ3n) is 3.93. The number of halogens is 1. The van der Waals surface area contributed by atoms with Crippen molar-refractivity contribution in [3.05, 3.63) is 22.8 Å². The Morgan fingerprint density at radius 3 is 3.05 bits per heavy atom. The van der Waals surface area contributed by atoms with Crippen LogP contribution in [0.2, 0.25) is 5.15 Å². The second kappa shape index (κ2) is 7.06. The summed E-state index contributed by atoms with van der Waals surface area (Å²) < 4.78 is 0. The van der Waals surface area contributed by atoms with Crippen molar-refractivity contribution in [3.63, 3.8) is 0 Å². The van der Waals surface area contributed by atoms with Crippen molar-refractivity contribution in [1.29, 1.82) is 0 Å². The predicted octanol–water partition coefficient (Wildman–Crippen LogP) is 1.58. The van der Waals surface area contributed by atoms with Gasteiger partial charge in [0.1, 0.15) is 11.0 Å². The number of likely N-dealkylation sites (N-methyl/N-ethyl adjacent to an activating group) is 2. The Hall–Kier alpha value is -1.37. The molecule has 0 aromatic carbocycles. The molecule has 1 unspecified atom stereocenters. The van der Waals surface area contributed by atoms with Crippen LogP contribution in [-0.4, -0.2) is 53.4 Å². The van der Waals surface area contributed by atoms with E-state index in [1.165, 1.54) is 6.42 Å². The van der Waals surface area contributed by atoms with Crippen LogP contribution in [0.5, 0.6) is 0 Å². The maximum Gasteiger partial charge on any atom is 0.253 e. The summed E-state index contributed by atoms with van der Waals surface area (Å²) in [5.74, 6) is 5.64. The van der Waals surface area contributed by atoms with Crippen molar-refractivity contribution in [2.75, 3.05) is 32.1 Å². The maximum absolute atomic E-state index is 12.5. The van der Waals surface area contributed by atoms with E-state index in [4.69, 9.17) is 17.4 Å². The van der Waals surface area contributed by atoms with Gasteiger partial charge in [-0.1, -0.05) is 18.5 Å². The zero-order valence-electron chi connectivity index (χ0n) is 12.5. The van der Waals surface area contributed by atoms with Crippen molar-refractivity contribution in [3.8, 4) is 0 Å². The SMILES string of the molecule is CCN1CCCC1CN(C)C(=O)c1cc(Cl)nc(NN)c1. The topological polar surface area (TPSA) is 74.5 Å². The molecule has 1 aromatic rings. The molecule has 1 aromatic heterocycles. The van der Waals surface area contributed by atoms with Gasteiger partial charge >= 0.3 is 0 Å². The maximum atomic E-state index is 12.5. The number of aromatic nitrogens is 1. The number of carbonyl (C=O) groups is 1. The van der Waals surface area contributed by atoms with Crippen LogP contribution in [0.15, 0.2) is 12.1 Å². The number of nitrogen functional groups attached to an aromatic ring is 1. The van der Waals surface area contributed by atoms with Gasteiger partial charge in [0.25, 0.3) is 5.91 Å². The molecule has 1 fully saturated rings. The van der Waals surface area contributed by atoms with Crippen LogP contribution in [0.25, 0.3) is 0 Å². The third-order valence-corrected chi connectivity index (χ3v) is 4.12. The first-order chi connectivity index (χ1) is 10.0. The van der Waals surface area contributed by atoms with E-state index in [0.29, 0.717) is 17.4 Å². The molecule has 1 aliphatic rings. The number of rotatable bonds is 5. The van der Waals surface area contributed by atoms with Crippen molar-refractivity contribution >= 4 is 23.3 Å². The zero-order chi connectivity index (χ0) is 15.4. The van der Waals surface area contributed by atoms with E-state index in [9.17, 15) is 4.79 Å². The summed E-state index contributed by atoms with van der Waals surface area (Å²) in [5.41, 5.74) is 2.91. The summed E-state index contributed by atoms with van der Waals surface area (Å²) in [7, 11) is 1.82. The number of hydrogen-bond donors (Lipinski definition) is 2. The van der Waals surface area contributed by atoms with Crippen LogP contribution in [-0.2, 0) is 0 Å². The number of hydrogen-bond acceptors (Lipinski definition) is 5. The molecule has 0 bridgehead atoms. The van der Waals surface area contributed by atoms with E-state index in [-0.39, 0.29) is 11.1 Å². The number of nitrogens with two attached hydrogens (primary N) is 1. The molecule has 1 amide bonds. The molecule has 1 aliphatic heterocycles. The Kier molecular flexibility index (Phi) is 5.39. The minimum absolute atomic E-state index is 0.0706. The highest BCUT2D eigenvalue weighted by atomic mass is 35.5. The van der Waals surface area contributed by atoms with E-state index in [0.717, 1.165) is 26.1 Å². The lowest BCUT2D eigenvalue weighted by Gasteiger charge is -2.27. The summed E-state index contributed by atoms with van der Waals surface area (Å²) in [4.78, 5) is 20.6. The first-order valence-electron chi connectivity index (χ1n) is 7.19. The zero-order valence-corrected chi connectivity index (χ0v) is 13.2. The van der Waals surface area contributed by atoms with Gasteiger partial charge in [0, 0.05) is 25.2 Å². The summed E-state index contributed by atoms with van der Waals surface area (Å²) in [6, 6.07) is 3.61. The van der Waals surface area contributed by atoms with Crippen LogP contribution in [0.1, 0.15) is 30.1 Å². The van der Waals surface area contributed by atoms with E-state index in [1.807, 2.05) is 7.05 Å². The third kappa shape index (κ3) is 3.84. The van der Waals surface area contributed by atoms with Gasteiger partial charge in [-0.05, 0) is 38.1 Å². The molecule has 3 N–H and O–H groups in total. The first kappa shape index (κ1) is 16.0. The average molecular weight is 312 g/mol. The highest BCUT2D eigenvalue weighted by Crippen LogP contribution is 2.19. The minimum Gasteiger partial charge on any atom is -0.340 e. The highest BCUT2D eigenvalue weighted by molar-refractivity contribution is 6.29. The van der Waals surface area contributed by atoms with Crippen LogP contribution in [0.3, 0.4) is 0 Å². The minimum atomic E-state index is -0.0706. The number of nitrogens with one attached hydrogen (secondary N) is 1. The second-order valence-corrected chi connectivity index (χ2v) is 5.71. The fourth-order valence-corrected chi connectivity index (χ4v) is 3.04. The number of amides is 1. The lowest BCUT2D eigenvalue weighted by Crippen LogP contribution is -2.41. The smallest absolute Gasteiger partial charge is 0.253 e. The van der Waals surface area contributed by atoms with E-state index in [2.05, 4.69) is 22.2 Å². The Morgan fingerprint density at radius 1 is 1.62 bits per heavy atom. The van der Waals surface area contributed by atoms with Crippen molar-refractivity contribution in [1.82, 2.24) is 14.8 Å². The molecule has 0 spiro atoms. The van der Waals surface area contributed by atoms with Crippen molar-refractivity contribution < 1.29 is 4.79 Å². The monoisotopic (exact) mass is 311 g/mol. The number of hydrazine groups is 1. The molecule has 7 heteroatoms. The highest BCUT2D eigenvalue weighted by Gasteiger charge is 2.26. The Morgan fingerprint density at radius 2 is 2.38 bits per heavy atom. The molecule has 0 aliphatic carbocycles. The van der Waals surface area contributed by atoms with E-state index in [1.54, 1.807) is 17.0 Å². The standard InChI is InChI=1S/C14H22ClN5O/c1-3-20-6-4-5-11(20)9-19(2)14(21)10-7-12(15)17-13(8-10)18-16/h7-8,11H,3-6,9,16H2,1-2H3,(H,17,18). The molecule has 6 nitrogen and oxygen atoms in total. The molecule has 2 rings (SSSR count). The summed E-state index contributed by atoms with van der Waals surface area (Å²) in [6.45, 7) is 5.01. The van der Waals surface area contributed by atoms with Crippen molar-refractivity contribution in [2.45, 2.75) is 25.8 Å². The lowest BCUT2D eigenvalue weighted by molar-refractivity contribution is 0.0754. The van der Waals surface area contributed by atoms with Crippen LogP contribution in [0.4, 0.5) is 5.82 Å². The first-order valence-corrected chi connectivity index (χ1v) is 7.56. The van der Waals surface area contributed by atoms with Gasteiger partial charge in [-0.15, -0.1) is 0 Å². The number of carbonyl (C=O) groups excluding carboxylic acids is 1. The number of pyridine rings is 1. The van der Waals surface area contributed by atoms with Crippen molar-refractivity contribution in [2.24, 2.45) is 5.84 Å². The number of likely N-dealkylation sites (tertiary alicyclic amines) is 1. The van der Waals surface area contributed by atoms with Crippen LogP contribution in [0, 0.1) is 0 Å². The fourth-order valence-electron chi connectivity index (χ4n) is 2.83. The molecule has 0 saturated carbocycles. The lowest BCUT2D eigenvalue weighted by atomic mass is 10.2. The van der Waals surface area contributed by atoms with Gasteiger partial charge in [-0.25, -0.2) is 10.8 Å². The number of anilines is 1. The summed E-state index contributed by atoms with van der Waals surface area (Å²) in [5, 5.41) is 0.248. The predicted molar refractivity (Wildman–Crippen MR) is 84.3 cm³/mol.